The van der Waals surface area contributed by atoms with Crippen LogP contribution in [0.4, 0.5) is 0 Å². The highest BCUT2D eigenvalue weighted by Gasteiger charge is 2.19. The first-order chi connectivity index (χ1) is 10.8. The van der Waals surface area contributed by atoms with Gasteiger partial charge in [0.15, 0.2) is 0 Å². The standard InChI is InChI=1S/C19H32O4/c1-7-9-16(12-22-18(20)14(3)4)11-17(10-8-2)13-23-19(21)15(5)6/h16-17H,3,5,7-13H2,1-2,4,6H3. The van der Waals surface area contributed by atoms with Crippen LogP contribution in [0.2, 0.25) is 0 Å². The van der Waals surface area contributed by atoms with Gasteiger partial charge >= 0.3 is 11.9 Å². The van der Waals surface area contributed by atoms with Crippen molar-refractivity contribution in [2.75, 3.05) is 13.2 Å². The molecule has 0 rings (SSSR count). The third kappa shape index (κ3) is 9.93. The summed E-state index contributed by atoms with van der Waals surface area (Å²) in [6.45, 7) is 15.5. The van der Waals surface area contributed by atoms with E-state index < -0.39 is 0 Å². The predicted octanol–water partition coefficient (Wildman–Crippen LogP) is 4.45. The summed E-state index contributed by atoms with van der Waals surface area (Å²) >= 11 is 0. The molecule has 0 radical (unpaired) electrons. The van der Waals surface area contributed by atoms with Crippen molar-refractivity contribution in [1.29, 1.82) is 0 Å². The lowest BCUT2D eigenvalue weighted by Gasteiger charge is -2.23. The minimum Gasteiger partial charge on any atom is -0.462 e. The van der Waals surface area contributed by atoms with E-state index in [1.165, 1.54) is 0 Å². The van der Waals surface area contributed by atoms with Crippen molar-refractivity contribution < 1.29 is 19.1 Å². The highest BCUT2D eigenvalue weighted by atomic mass is 16.5. The Bertz CT molecular complexity index is 374. The number of esters is 2. The van der Waals surface area contributed by atoms with Crippen LogP contribution in [-0.2, 0) is 19.1 Å². The second-order valence-corrected chi connectivity index (χ2v) is 6.30. The first kappa shape index (κ1) is 21.4. The van der Waals surface area contributed by atoms with Crippen LogP contribution < -0.4 is 0 Å². The molecule has 0 amide bonds. The summed E-state index contributed by atoms with van der Waals surface area (Å²) in [5.74, 6) is -0.120. The molecular weight excluding hydrogens is 292 g/mol. The molecule has 4 heteroatoms. The highest BCUT2D eigenvalue weighted by molar-refractivity contribution is 5.87. The molecule has 0 saturated carbocycles. The fraction of sp³-hybridized carbons (Fsp3) is 0.684. The Balaban J connectivity index is 4.55. The Morgan fingerprint density at radius 2 is 1.17 bits per heavy atom. The molecule has 0 aromatic rings. The van der Waals surface area contributed by atoms with E-state index in [4.69, 9.17) is 9.47 Å². The molecular formula is C19H32O4. The summed E-state index contributed by atoms with van der Waals surface area (Å²) in [5, 5.41) is 0. The van der Waals surface area contributed by atoms with E-state index in [0.717, 1.165) is 32.1 Å². The van der Waals surface area contributed by atoms with E-state index in [2.05, 4.69) is 27.0 Å². The van der Waals surface area contributed by atoms with Gasteiger partial charge in [-0.1, -0.05) is 39.8 Å². The maximum absolute atomic E-state index is 11.6. The van der Waals surface area contributed by atoms with Crippen LogP contribution in [0.5, 0.6) is 0 Å². The Morgan fingerprint density at radius 3 is 1.43 bits per heavy atom. The zero-order valence-corrected chi connectivity index (χ0v) is 15.2. The van der Waals surface area contributed by atoms with Crippen molar-refractivity contribution >= 4 is 11.9 Å². The first-order valence-electron chi connectivity index (χ1n) is 8.46. The molecule has 0 bridgehead atoms. The highest BCUT2D eigenvalue weighted by Crippen LogP contribution is 2.23. The molecule has 0 N–H and O–H groups in total. The number of carbonyl (C=O) groups excluding carboxylic acids is 2. The van der Waals surface area contributed by atoms with Gasteiger partial charge in [-0.25, -0.2) is 9.59 Å². The van der Waals surface area contributed by atoms with Gasteiger partial charge in [0.1, 0.15) is 0 Å². The van der Waals surface area contributed by atoms with Crippen LogP contribution in [0.25, 0.3) is 0 Å². The fourth-order valence-corrected chi connectivity index (χ4v) is 2.46. The van der Waals surface area contributed by atoms with Crippen LogP contribution in [0, 0.1) is 11.8 Å². The fourth-order valence-electron chi connectivity index (χ4n) is 2.46. The summed E-state index contributed by atoms with van der Waals surface area (Å²) in [6.07, 6.45) is 4.91. The third-order valence-electron chi connectivity index (χ3n) is 3.66. The average Bonchev–Trinajstić information content (AvgIpc) is 2.49. The van der Waals surface area contributed by atoms with Gasteiger partial charge in [-0.15, -0.1) is 0 Å². The van der Waals surface area contributed by atoms with Gasteiger partial charge in [-0.3, -0.25) is 0 Å². The average molecular weight is 324 g/mol. The van der Waals surface area contributed by atoms with E-state index in [9.17, 15) is 9.59 Å². The quantitative estimate of drug-likeness (QED) is 0.393. The molecule has 2 atom stereocenters. The van der Waals surface area contributed by atoms with Crippen LogP contribution >= 0.6 is 0 Å². The summed E-state index contributed by atoms with van der Waals surface area (Å²) in [5.41, 5.74) is 0.835. The number of hydrogen-bond acceptors (Lipinski definition) is 4. The van der Waals surface area contributed by atoms with Gasteiger partial charge in [0, 0.05) is 11.1 Å². The normalized spacial score (nSPS) is 13.0. The predicted molar refractivity (Wildman–Crippen MR) is 93.0 cm³/mol. The molecule has 0 aromatic carbocycles. The van der Waals surface area contributed by atoms with Gasteiger partial charge in [-0.2, -0.15) is 0 Å². The number of ether oxygens (including phenoxy) is 2. The lowest BCUT2D eigenvalue weighted by atomic mass is 9.89. The minimum absolute atomic E-state index is 0.281. The molecule has 0 heterocycles. The smallest absolute Gasteiger partial charge is 0.333 e. The third-order valence-corrected chi connectivity index (χ3v) is 3.66. The van der Waals surface area contributed by atoms with Crippen molar-refractivity contribution in [1.82, 2.24) is 0 Å². The molecule has 0 fully saturated rings. The van der Waals surface area contributed by atoms with Gasteiger partial charge in [0.25, 0.3) is 0 Å². The monoisotopic (exact) mass is 324 g/mol. The van der Waals surface area contributed by atoms with E-state index in [1.807, 2.05) is 0 Å². The van der Waals surface area contributed by atoms with Crippen LogP contribution in [-0.4, -0.2) is 25.2 Å². The summed E-state index contributed by atoms with van der Waals surface area (Å²) in [6, 6.07) is 0. The van der Waals surface area contributed by atoms with Crippen LogP contribution in [0.1, 0.15) is 59.8 Å². The van der Waals surface area contributed by atoms with Crippen molar-refractivity contribution in [3.63, 3.8) is 0 Å². The van der Waals surface area contributed by atoms with Gasteiger partial charge in [0.05, 0.1) is 13.2 Å². The number of carbonyl (C=O) groups is 2. The van der Waals surface area contributed by atoms with E-state index in [1.54, 1.807) is 13.8 Å². The molecule has 4 nitrogen and oxygen atoms in total. The maximum atomic E-state index is 11.6. The summed E-state index contributed by atoms with van der Waals surface area (Å²) in [4.78, 5) is 23.1. The molecule has 0 aromatic heterocycles. The molecule has 0 spiro atoms. The molecule has 23 heavy (non-hydrogen) atoms. The number of rotatable bonds is 12. The molecule has 2 unspecified atom stereocenters. The van der Waals surface area contributed by atoms with Gasteiger partial charge in [0.2, 0.25) is 0 Å². The lowest BCUT2D eigenvalue weighted by molar-refractivity contribution is -0.141. The zero-order valence-electron chi connectivity index (χ0n) is 15.2. The van der Waals surface area contributed by atoms with E-state index >= 15 is 0 Å². The van der Waals surface area contributed by atoms with Gasteiger partial charge < -0.3 is 9.47 Å². The largest absolute Gasteiger partial charge is 0.462 e. The molecule has 0 aliphatic heterocycles. The van der Waals surface area contributed by atoms with Crippen molar-refractivity contribution in [3.8, 4) is 0 Å². The maximum Gasteiger partial charge on any atom is 0.333 e. The summed E-state index contributed by atoms with van der Waals surface area (Å²) < 4.78 is 10.6. The van der Waals surface area contributed by atoms with Crippen LogP contribution in [0.3, 0.4) is 0 Å². The second-order valence-electron chi connectivity index (χ2n) is 6.30. The Hall–Kier alpha value is -1.58. The van der Waals surface area contributed by atoms with Crippen molar-refractivity contribution in [2.45, 2.75) is 59.8 Å². The molecule has 0 aliphatic rings. The Kier molecular flexibility index (Phi) is 11.1. The molecule has 0 saturated heterocycles. The minimum atomic E-state index is -0.341. The van der Waals surface area contributed by atoms with Crippen molar-refractivity contribution in [2.24, 2.45) is 11.8 Å². The summed E-state index contributed by atoms with van der Waals surface area (Å²) in [7, 11) is 0. The van der Waals surface area contributed by atoms with Gasteiger partial charge in [-0.05, 0) is 44.9 Å². The van der Waals surface area contributed by atoms with Crippen molar-refractivity contribution in [3.05, 3.63) is 24.3 Å². The Labute approximate surface area is 140 Å². The van der Waals surface area contributed by atoms with Crippen LogP contribution in [0.15, 0.2) is 24.3 Å². The van der Waals surface area contributed by atoms with E-state index in [0.29, 0.717) is 24.4 Å². The SMILES string of the molecule is C=C(C)C(=O)OCC(CCC)CC(CCC)COC(=O)C(=C)C. The van der Waals surface area contributed by atoms with E-state index in [-0.39, 0.29) is 23.8 Å². The topological polar surface area (TPSA) is 52.6 Å². The zero-order chi connectivity index (χ0) is 17.8. The molecule has 0 aliphatic carbocycles. The lowest BCUT2D eigenvalue weighted by Crippen LogP contribution is -2.21. The second kappa shape index (κ2) is 11.9. The Morgan fingerprint density at radius 1 is 0.826 bits per heavy atom. The number of hydrogen-bond donors (Lipinski definition) is 0. The first-order valence-corrected chi connectivity index (χ1v) is 8.46. The molecule has 132 valence electrons.